The highest BCUT2D eigenvalue weighted by Crippen LogP contribution is 2.42. The molecule has 0 radical (unpaired) electrons. The zero-order valence-electron chi connectivity index (χ0n) is 40.5. The van der Waals surface area contributed by atoms with Gasteiger partial charge in [0, 0.05) is 22.7 Å². The molecule has 4 aromatic carbocycles. The summed E-state index contributed by atoms with van der Waals surface area (Å²) >= 11 is 0. The average Bonchev–Trinajstić information content (AvgIpc) is 3.20. The third-order valence-electron chi connectivity index (χ3n) is 13.9. The van der Waals surface area contributed by atoms with E-state index in [2.05, 4.69) is 162 Å². The summed E-state index contributed by atoms with van der Waals surface area (Å²) in [4.78, 5) is 12.4. The molecule has 1 atom stereocenters. The normalized spacial score (nSPS) is 12.7. The van der Waals surface area contributed by atoms with Crippen molar-refractivity contribution in [3.8, 4) is 0 Å². The van der Waals surface area contributed by atoms with E-state index in [1.54, 1.807) is 0 Å². The van der Waals surface area contributed by atoms with Crippen LogP contribution in [0.3, 0.4) is 0 Å². The van der Waals surface area contributed by atoms with Crippen LogP contribution in [0.4, 0.5) is 0 Å². The predicted octanol–water partition coefficient (Wildman–Crippen LogP) is 15.2. The minimum atomic E-state index is -0.279. The van der Waals surface area contributed by atoms with Gasteiger partial charge >= 0.3 is 0 Å². The summed E-state index contributed by atoms with van der Waals surface area (Å²) in [5.41, 5.74) is 16.0. The van der Waals surface area contributed by atoms with Gasteiger partial charge in [-0.15, -0.1) is 13.2 Å². The molecule has 0 aliphatic rings. The molecule has 0 aliphatic heterocycles. The third-order valence-corrected chi connectivity index (χ3v) is 13.9. The fraction of sp³-hybridized carbons (Fsp3) is 0.500. The fourth-order valence-corrected chi connectivity index (χ4v) is 9.12. The van der Waals surface area contributed by atoms with Crippen LogP contribution in [0.5, 0.6) is 0 Å². The molecule has 0 aliphatic carbocycles. The predicted molar refractivity (Wildman–Crippen MR) is 262 cm³/mol. The van der Waals surface area contributed by atoms with Crippen LogP contribution in [0.25, 0.3) is 0 Å². The van der Waals surface area contributed by atoms with E-state index < -0.39 is 0 Å². The van der Waals surface area contributed by atoms with E-state index in [-0.39, 0.29) is 27.8 Å². The highest BCUT2D eigenvalue weighted by Gasteiger charge is 2.33. The Morgan fingerprint density at radius 2 is 0.867 bits per heavy atom. The zero-order valence-corrected chi connectivity index (χ0v) is 40.5. The van der Waals surface area contributed by atoms with Gasteiger partial charge in [-0.25, -0.2) is 0 Å². The lowest BCUT2D eigenvalue weighted by Gasteiger charge is -2.34. The molecule has 0 fully saturated rings. The van der Waals surface area contributed by atoms with Gasteiger partial charge in [-0.3, -0.25) is 4.79 Å². The maximum absolute atomic E-state index is 12.4. The van der Waals surface area contributed by atoms with Gasteiger partial charge in [-0.1, -0.05) is 154 Å². The standard InChI is InChI=1S/C29H42O.C29H40O/c2*1-9-12-23-13-16-25(19-21(23)4)29(10-2,11-3)26-17-14-24(22(5)20-26)15-18-27(30)28(6,7)8/h9,13-14,16-17,19-20,27,30H,1,10-12,15,18H2,2-8H3;9,13-14,16-17,19-20H,1,10-12,15,18H2,2-8H3. The fourth-order valence-electron chi connectivity index (χ4n) is 9.12. The molecule has 0 spiro atoms. The molecule has 1 unspecified atom stereocenters. The Bertz CT molecular complexity index is 2040. The van der Waals surface area contributed by atoms with Gasteiger partial charge < -0.3 is 5.11 Å². The second-order valence-corrected chi connectivity index (χ2v) is 19.7. The van der Waals surface area contributed by atoms with E-state index in [4.69, 9.17) is 0 Å². The molecular weight excluding hydrogens is 729 g/mol. The number of benzene rings is 4. The van der Waals surface area contributed by atoms with Gasteiger partial charge in [0.2, 0.25) is 0 Å². The SMILES string of the molecule is C=CCc1ccc(C(CC)(CC)c2ccc(CCC(=O)C(C)(C)C)c(C)c2)cc1C.C=CCc1ccc(C(CC)(CC)c2ccc(CCC(O)C(C)(C)C)c(C)c2)cc1C. The molecular formula is C58H82O2. The van der Waals surface area contributed by atoms with Crippen molar-refractivity contribution in [1.29, 1.82) is 0 Å². The summed E-state index contributed by atoms with van der Waals surface area (Å²) in [5.74, 6) is 0.331. The van der Waals surface area contributed by atoms with E-state index in [1.807, 2.05) is 32.9 Å². The van der Waals surface area contributed by atoms with Gasteiger partial charge in [0.25, 0.3) is 0 Å². The van der Waals surface area contributed by atoms with Crippen molar-refractivity contribution in [2.24, 2.45) is 10.8 Å². The zero-order chi connectivity index (χ0) is 45.1. The molecule has 4 aromatic rings. The van der Waals surface area contributed by atoms with Gasteiger partial charge in [-0.05, 0) is 158 Å². The second-order valence-electron chi connectivity index (χ2n) is 19.7. The van der Waals surface area contributed by atoms with Crippen LogP contribution in [-0.2, 0) is 41.3 Å². The van der Waals surface area contributed by atoms with Crippen molar-refractivity contribution in [1.82, 2.24) is 0 Å². The summed E-state index contributed by atoms with van der Waals surface area (Å²) < 4.78 is 0. The van der Waals surface area contributed by atoms with Crippen LogP contribution < -0.4 is 0 Å². The Kier molecular flexibility index (Phi) is 18.2. The molecule has 0 bridgehead atoms. The Morgan fingerprint density at radius 1 is 0.550 bits per heavy atom. The van der Waals surface area contributed by atoms with E-state index in [1.165, 1.54) is 66.8 Å². The molecule has 60 heavy (non-hydrogen) atoms. The highest BCUT2D eigenvalue weighted by atomic mass is 16.3. The van der Waals surface area contributed by atoms with Crippen LogP contribution in [0.2, 0.25) is 0 Å². The first kappa shape index (κ1) is 50.3. The monoisotopic (exact) mass is 811 g/mol. The average molecular weight is 811 g/mol. The van der Waals surface area contributed by atoms with Gasteiger partial charge in [-0.2, -0.15) is 0 Å². The van der Waals surface area contributed by atoms with Crippen LogP contribution in [-0.4, -0.2) is 17.0 Å². The molecule has 2 nitrogen and oxygen atoms in total. The Labute approximate surface area is 368 Å². The lowest BCUT2D eigenvalue weighted by atomic mass is 9.69. The van der Waals surface area contributed by atoms with E-state index in [9.17, 15) is 9.90 Å². The molecule has 0 heterocycles. The van der Waals surface area contributed by atoms with Crippen molar-refractivity contribution >= 4 is 5.78 Å². The van der Waals surface area contributed by atoms with Crippen molar-refractivity contribution in [2.45, 2.75) is 178 Å². The van der Waals surface area contributed by atoms with Gasteiger partial charge in [0.1, 0.15) is 5.78 Å². The first-order chi connectivity index (χ1) is 28.2. The number of ketones is 1. The Hall–Kier alpha value is -4.01. The Morgan fingerprint density at radius 3 is 1.13 bits per heavy atom. The van der Waals surface area contributed by atoms with Crippen molar-refractivity contribution in [3.05, 3.63) is 165 Å². The number of aryl methyl sites for hydroxylation is 6. The van der Waals surface area contributed by atoms with Crippen LogP contribution >= 0.6 is 0 Å². The molecule has 0 aromatic heterocycles. The van der Waals surface area contributed by atoms with Crippen molar-refractivity contribution in [3.63, 3.8) is 0 Å². The van der Waals surface area contributed by atoms with Crippen LogP contribution in [0.15, 0.2) is 98.1 Å². The molecule has 0 amide bonds. The number of aliphatic hydroxyl groups is 1. The molecule has 4 rings (SSSR count). The number of carbonyl (C=O) groups excluding carboxylic acids is 1. The van der Waals surface area contributed by atoms with E-state index in [0.717, 1.165) is 57.8 Å². The summed E-state index contributed by atoms with van der Waals surface area (Å²) in [6.07, 6.45) is 12.9. The topological polar surface area (TPSA) is 37.3 Å². The third kappa shape index (κ3) is 12.1. The molecule has 1 N–H and O–H groups in total. The molecule has 0 saturated heterocycles. The summed E-state index contributed by atoms with van der Waals surface area (Å²) in [7, 11) is 0. The maximum Gasteiger partial charge on any atom is 0.138 e. The largest absolute Gasteiger partial charge is 0.393 e. The van der Waals surface area contributed by atoms with Crippen LogP contribution in [0.1, 0.15) is 175 Å². The van der Waals surface area contributed by atoms with Crippen molar-refractivity contribution in [2.75, 3.05) is 0 Å². The molecule has 0 saturated carbocycles. The molecule has 326 valence electrons. The first-order valence-electron chi connectivity index (χ1n) is 23.0. The number of Topliss-reactive ketones (excluding diaryl/α,β-unsaturated/α-hetero) is 1. The summed E-state index contributed by atoms with van der Waals surface area (Å²) in [6, 6.07) is 27.8. The number of carbonyl (C=O) groups is 1. The number of hydrogen-bond donors (Lipinski definition) is 1. The van der Waals surface area contributed by atoms with Crippen LogP contribution in [0, 0.1) is 38.5 Å². The highest BCUT2D eigenvalue weighted by molar-refractivity contribution is 5.83. The lowest BCUT2D eigenvalue weighted by molar-refractivity contribution is -0.126. The minimum absolute atomic E-state index is 0.0159. The summed E-state index contributed by atoms with van der Waals surface area (Å²) in [6.45, 7) is 38.1. The van der Waals surface area contributed by atoms with Gasteiger partial charge in [0.05, 0.1) is 6.10 Å². The summed E-state index contributed by atoms with van der Waals surface area (Å²) in [5, 5.41) is 10.4. The number of hydrogen-bond acceptors (Lipinski definition) is 2. The van der Waals surface area contributed by atoms with Gasteiger partial charge in [0.15, 0.2) is 0 Å². The van der Waals surface area contributed by atoms with E-state index in [0.29, 0.717) is 12.2 Å². The Balaban J connectivity index is 0.000000320. The molecule has 2 heteroatoms. The lowest BCUT2D eigenvalue weighted by Crippen LogP contribution is -2.27. The quantitative estimate of drug-likeness (QED) is 0.102. The van der Waals surface area contributed by atoms with E-state index >= 15 is 0 Å². The number of rotatable bonds is 18. The number of allylic oxidation sites excluding steroid dienone is 2. The maximum atomic E-state index is 12.4. The first-order valence-corrected chi connectivity index (χ1v) is 23.0. The smallest absolute Gasteiger partial charge is 0.138 e. The van der Waals surface area contributed by atoms with Crippen molar-refractivity contribution < 1.29 is 9.90 Å². The minimum Gasteiger partial charge on any atom is -0.393 e. The number of aliphatic hydroxyl groups excluding tert-OH is 1. The second kappa shape index (κ2) is 21.7.